The van der Waals surface area contributed by atoms with Crippen molar-refractivity contribution in [2.45, 2.75) is 38.8 Å². The Hall–Kier alpha value is -2.08. The molecule has 0 aromatic heterocycles. The molecule has 0 bridgehead atoms. The zero-order valence-electron chi connectivity index (χ0n) is 14.2. The topological polar surface area (TPSA) is 78.9 Å². The van der Waals surface area contributed by atoms with Crippen LogP contribution in [0.2, 0.25) is 0 Å². The molecule has 128 valence electrons. The van der Waals surface area contributed by atoms with Gasteiger partial charge in [-0.25, -0.2) is 4.79 Å². The molecule has 1 rings (SSSR count). The van der Waals surface area contributed by atoms with Crippen molar-refractivity contribution >= 4 is 12.0 Å². The summed E-state index contributed by atoms with van der Waals surface area (Å²) < 4.78 is 5.23. The summed E-state index contributed by atoms with van der Waals surface area (Å²) in [6.07, 6.45) is -0.279. The predicted octanol–water partition coefficient (Wildman–Crippen LogP) is 1.57. The Kier molecular flexibility index (Phi) is 7.03. The summed E-state index contributed by atoms with van der Waals surface area (Å²) in [5, 5.41) is 11.6. The van der Waals surface area contributed by atoms with Crippen molar-refractivity contribution in [3.8, 4) is 0 Å². The van der Waals surface area contributed by atoms with Gasteiger partial charge in [0.1, 0.15) is 11.6 Å². The highest BCUT2D eigenvalue weighted by atomic mass is 16.6. The highest BCUT2D eigenvalue weighted by molar-refractivity contribution is 5.85. The van der Waals surface area contributed by atoms with E-state index in [1.165, 1.54) is 4.90 Å². The van der Waals surface area contributed by atoms with E-state index in [2.05, 4.69) is 5.32 Å². The number of carbonyl (C=O) groups is 2. The van der Waals surface area contributed by atoms with E-state index < -0.39 is 17.7 Å². The van der Waals surface area contributed by atoms with Crippen LogP contribution in [0, 0.1) is 0 Å². The zero-order valence-corrected chi connectivity index (χ0v) is 14.2. The van der Waals surface area contributed by atoms with Crippen LogP contribution in [-0.2, 0) is 16.0 Å². The Morgan fingerprint density at radius 2 is 1.87 bits per heavy atom. The molecular formula is C17H26N2O4. The minimum atomic E-state index is -0.746. The maximum absolute atomic E-state index is 12.5. The molecule has 6 nitrogen and oxygen atoms in total. The zero-order chi connectivity index (χ0) is 17.5. The van der Waals surface area contributed by atoms with Crippen LogP contribution >= 0.6 is 0 Å². The van der Waals surface area contributed by atoms with Crippen molar-refractivity contribution in [1.29, 1.82) is 0 Å². The molecule has 0 spiro atoms. The third-order valence-corrected chi connectivity index (χ3v) is 3.08. The summed E-state index contributed by atoms with van der Waals surface area (Å²) in [4.78, 5) is 25.9. The Bertz CT molecular complexity index is 511. The number of hydrogen-bond acceptors (Lipinski definition) is 4. The van der Waals surface area contributed by atoms with Gasteiger partial charge in [0, 0.05) is 20.0 Å². The molecule has 1 aromatic carbocycles. The van der Waals surface area contributed by atoms with Gasteiger partial charge >= 0.3 is 6.09 Å². The fourth-order valence-electron chi connectivity index (χ4n) is 2.03. The van der Waals surface area contributed by atoms with E-state index in [0.29, 0.717) is 6.42 Å². The van der Waals surface area contributed by atoms with Crippen LogP contribution in [0.5, 0.6) is 0 Å². The minimum absolute atomic E-state index is 0.132. The molecule has 2 N–H and O–H groups in total. The second kappa shape index (κ2) is 8.53. The molecule has 0 saturated heterocycles. The summed E-state index contributed by atoms with van der Waals surface area (Å²) >= 11 is 0. The van der Waals surface area contributed by atoms with Crippen molar-refractivity contribution < 1.29 is 19.4 Å². The van der Waals surface area contributed by atoms with E-state index in [1.54, 1.807) is 27.8 Å². The number of carbonyl (C=O) groups excluding carboxylic acids is 2. The first-order valence-electron chi connectivity index (χ1n) is 7.62. The number of aliphatic hydroxyl groups is 1. The normalized spacial score (nSPS) is 12.4. The Labute approximate surface area is 137 Å². The van der Waals surface area contributed by atoms with Crippen molar-refractivity contribution in [1.82, 2.24) is 10.2 Å². The van der Waals surface area contributed by atoms with E-state index in [-0.39, 0.29) is 19.1 Å². The fraction of sp³-hybridized carbons (Fsp3) is 0.529. The molecule has 1 atom stereocenters. The molecule has 1 unspecified atom stereocenters. The lowest BCUT2D eigenvalue weighted by atomic mass is 10.1. The number of hydrogen-bond donors (Lipinski definition) is 2. The third kappa shape index (κ3) is 7.15. The van der Waals surface area contributed by atoms with Crippen LogP contribution in [0.4, 0.5) is 4.79 Å². The van der Waals surface area contributed by atoms with Crippen LogP contribution in [0.1, 0.15) is 26.3 Å². The van der Waals surface area contributed by atoms with Gasteiger partial charge in [-0.3, -0.25) is 4.79 Å². The Morgan fingerprint density at radius 1 is 1.26 bits per heavy atom. The SMILES string of the molecule is CN(CCO)C(=O)C(Cc1ccccc1)NC(=O)OC(C)(C)C. The van der Waals surface area contributed by atoms with Crippen LogP contribution in [0.3, 0.4) is 0 Å². The second-order valence-electron chi connectivity index (χ2n) is 6.37. The van der Waals surface area contributed by atoms with Gasteiger partial charge in [-0.05, 0) is 26.3 Å². The monoisotopic (exact) mass is 322 g/mol. The number of nitrogens with one attached hydrogen (secondary N) is 1. The summed E-state index contributed by atoms with van der Waals surface area (Å²) in [5.74, 6) is -0.270. The molecule has 0 heterocycles. The lowest BCUT2D eigenvalue weighted by Gasteiger charge is -2.26. The van der Waals surface area contributed by atoms with Gasteiger partial charge in [0.2, 0.25) is 5.91 Å². The average Bonchev–Trinajstić information content (AvgIpc) is 2.45. The molecule has 1 aromatic rings. The number of nitrogens with zero attached hydrogens (tertiary/aromatic N) is 1. The van der Waals surface area contributed by atoms with E-state index in [0.717, 1.165) is 5.56 Å². The van der Waals surface area contributed by atoms with Crippen molar-refractivity contribution in [3.63, 3.8) is 0 Å². The number of aliphatic hydroxyl groups excluding tert-OH is 1. The van der Waals surface area contributed by atoms with E-state index in [4.69, 9.17) is 9.84 Å². The largest absolute Gasteiger partial charge is 0.444 e. The standard InChI is InChI=1S/C17H26N2O4/c1-17(2,3)23-16(22)18-14(15(21)19(4)10-11-20)12-13-8-6-5-7-9-13/h5-9,14,20H,10-12H2,1-4H3,(H,18,22). The van der Waals surface area contributed by atoms with Crippen molar-refractivity contribution in [2.24, 2.45) is 0 Å². The van der Waals surface area contributed by atoms with E-state index in [9.17, 15) is 9.59 Å². The Balaban J connectivity index is 2.83. The smallest absolute Gasteiger partial charge is 0.408 e. The van der Waals surface area contributed by atoms with Gasteiger partial charge in [0.15, 0.2) is 0 Å². The molecule has 0 aliphatic heterocycles. The van der Waals surface area contributed by atoms with E-state index in [1.807, 2.05) is 30.3 Å². The summed E-state index contributed by atoms with van der Waals surface area (Å²) in [6, 6.07) is 8.68. The van der Waals surface area contributed by atoms with Gasteiger partial charge in [0.05, 0.1) is 6.61 Å². The molecule has 0 saturated carbocycles. The van der Waals surface area contributed by atoms with Crippen LogP contribution in [0.25, 0.3) is 0 Å². The van der Waals surface area contributed by atoms with Crippen LogP contribution in [0.15, 0.2) is 30.3 Å². The summed E-state index contributed by atoms with van der Waals surface area (Å²) in [7, 11) is 1.59. The number of ether oxygens (including phenoxy) is 1. The Morgan fingerprint density at radius 3 is 2.39 bits per heavy atom. The van der Waals surface area contributed by atoms with Gasteiger partial charge in [-0.15, -0.1) is 0 Å². The second-order valence-corrected chi connectivity index (χ2v) is 6.37. The molecular weight excluding hydrogens is 296 g/mol. The van der Waals surface area contributed by atoms with E-state index >= 15 is 0 Å². The minimum Gasteiger partial charge on any atom is -0.444 e. The van der Waals surface area contributed by atoms with Gasteiger partial charge in [0.25, 0.3) is 0 Å². The molecule has 2 amide bonds. The molecule has 0 fully saturated rings. The van der Waals surface area contributed by atoms with Crippen molar-refractivity contribution in [2.75, 3.05) is 20.2 Å². The maximum atomic E-state index is 12.5. The highest BCUT2D eigenvalue weighted by Gasteiger charge is 2.26. The number of likely N-dealkylation sites (N-methyl/N-ethyl adjacent to an activating group) is 1. The number of amides is 2. The highest BCUT2D eigenvalue weighted by Crippen LogP contribution is 2.09. The van der Waals surface area contributed by atoms with Gasteiger partial charge < -0.3 is 20.1 Å². The molecule has 0 aliphatic carbocycles. The van der Waals surface area contributed by atoms with Crippen molar-refractivity contribution in [3.05, 3.63) is 35.9 Å². The van der Waals surface area contributed by atoms with Crippen LogP contribution < -0.4 is 5.32 Å². The molecule has 23 heavy (non-hydrogen) atoms. The summed E-state index contributed by atoms with van der Waals surface area (Å²) in [6.45, 7) is 5.36. The lowest BCUT2D eigenvalue weighted by molar-refractivity contribution is -0.132. The molecule has 0 radical (unpaired) electrons. The maximum Gasteiger partial charge on any atom is 0.408 e. The van der Waals surface area contributed by atoms with Crippen LogP contribution in [-0.4, -0.2) is 53.8 Å². The van der Waals surface area contributed by atoms with Gasteiger partial charge in [-0.2, -0.15) is 0 Å². The lowest BCUT2D eigenvalue weighted by Crippen LogP contribution is -2.50. The first-order valence-corrected chi connectivity index (χ1v) is 7.62. The number of rotatable bonds is 6. The molecule has 6 heteroatoms. The number of benzene rings is 1. The fourth-order valence-corrected chi connectivity index (χ4v) is 2.03. The average molecular weight is 322 g/mol. The third-order valence-electron chi connectivity index (χ3n) is 3.08. The quantitative estimate of drug-likeness (QED) is 0.833. The predicted molar refractivity (Wildman–Crippen MR) is 88.0 cm³/mol. The first-order chi connectivity index (χ1) is 10.7. The summed E-state index contributed by atoms with van der Waals surface area (Å²) in [5.41, 5.74) is 0.292. The first kappa shape index (κ1) is 19.0. The molecule has 0 aliphatic rings. The van der Waals surface area contributed by atoms with Gasteiger partial charge in [-0.1, -0.05) is 30.3 Å². The number of alkyl carbamates (subject to hydrolysis) is 1.